The molecular weight excluding hydrogens is 316 g/mol. The van der Waals surface area contributed by atoms with E-state index >= 15 is 0 Å². The van der Waals surface area contributed by atoms with Crippen molar-refractivity contribution in [3.05, 3.63) is 12.2 Å². The van der Waals surface area contributed by atoms with Crippen LogP contribution in [0.25, 0.3) is 0 Å². The Bertz CT molecular complexity index is 518. The first-order valence-electron chi connectivity index (χ1n) is 6.69. The highest BCUT2D eigenvalue weighted by molar-refractivity contribution is 7.74. The molecule has 0 spiro atoms. The first-order valence-corrected chi connectivity index (χ1v) is 7.72. The third-order valence-corrected chi connectivity index (χ3v) is 4.23. The van der Waals surface area contributed by atoms with E-state index in [1.54, 1.807) is 6.92 Å². The molecule has 0 aliphatic carbocycles. The minimum absolute atomic E-state index is 0.195. The van der Waals surface area contributed by atoms with Gasteiger partial charge in [-0.25, -0.2) is 9.59 Å². The lowest BCUT2D eigenvalue weighted by Gasteiger charge is -2.31. The second-order valence-electron chi connectivity index (χ2n) is 5.60. The molecule has 5 atom stereocenters. The van der Waals surface area contributed by atoms with Gasteiger partial charge in [0.1, 0.15) is 11.7 Å². The molecule has 2 aliphatic rings. The maximum Gasteiger partial charge on any atom is 0.344 e. The zero-order valence-electron chi connectivity index (χ0n) is 12.3. The Labute approximate surface area is 130 Å². The Balaban J connectivity index is 1.81. The summed E-state index contributed by atoms with van der Waals surface area (Å²) in [5.41, 5.74) is -0.680. The molecule has 0 saturated carbocycles. The maximum atomic E-state index is 11.6. The lowest BCUT2D eigenvalue weighted by Crippen LogP contribution is -2.44. The number of carbonyl (C=O) groups excluding carboxylic acids is 2. The van der Waals surface area contributed by atoms with Gasteiger partial charge in [0.15, 0.2) is 6.61 Å². The van der Waals surface area contributed by atoms with E-state index in [0.29, 0.717) is 12.8 Å². The smallest absolute Gasteiger partial charge is 0.344 e. The van der Waals surface area contributed by atoms with Gasteiger partial charge in [-0.2, -0.15) is 4.21 Å². The Morgan fingerprint density at radius 3 is 2.68 bits per heavy atom. The van der Waals surface area contributed by atoms with Gasteiger partial charge in [-0.05, 0) is 13.8 Å². The monoisotopic (exact) mass is 334 g/mol. The molecule has 0 aromatic heterocycles. The number of fused-ring (bicyclic) bond motifs is 2. The normalized spacial score (nSPS) is 34.2. The zero-order valence-corrected chi connectivity index (χ0v) is 13.1. The number of ether oxygens (including phenoxy) is 3. The molecule has 0 aromatic rings. The van der Waals surface area contributed by atoms with Crippen LogP contribution in [0.15, 0.2) is 12.2 Å². The van der Waals surface area contributed by atoms with Crippen molar-refractivity contribution in [2.24, 2.45) is 0 Å². The second-order valence-corrected chi connectivity index (χ2v) is 6.20. The van der Waals surface area contributed by atoms with Crippen LogP contribution in [0, 0.1) is 0 Å². The molecule has 8 nitrogen and oxygen atoms in total. The Kier molecular flexibility index (Phi) is 5.00. The number of hydrogen-bond donors (Lipinski definition) is 1. The first kappa shape index (κ1) is 17.1. The van der Waals surface area contributed by atoms with Crippen molar-refractivity contribution in [2.45, 2.75) is 50.6 Å². The van der Waals surface area contributed by atoms with Gasteiger partial charge in [0, 0.05) is 18.4 Å². The van der Waals surface area contributed by atoms with Gasteiger partial charge >= 0.3 is 23.3 Å². The van der Waals surface area contributed by atoms with E-state index in [0.717, 1.165) is 0 Å². The molecule has 2 rings (SSSR count). The second kappa shape index (κ2) is 6.45. The van der Waals surface area contributed by atoms with E-state index in [1.165, 1.54) is 6.92 Å². The number of esters is 2. The molecule has 2 fully saturated rings. The minimum atomic E-state index is -2.38. The van der Waals surface area contributed by atoms with Crippen molar-refractivity contribution in [3.8, 4) is 0 Å². The highest BCUT2D eigenvalue weighted by Crippen LogP contribution is 2.45. The fourth-order valence-electron chi connectivity index (χ4n) is 2.65. The van der Waals surface area contributed by atoms with Crippen LogP contribution in [0.2, 0.25) is 0 Å². The van der Waals surface area contributed by atoms with E-state index < -0.39 is 53.8 Å². The molecule has 9 heteroatoms. The van der Waals surface area contributed by atoms with E-state index in [2.05, 4.69) is 6.58 Å². The number of hydrogen-bond acceptors (Lipinski definition) is 7. The lowest BCUT2D eigenvalue weighted by molar-refractivity contribution is -0.162. The molecule has 22 heavy (non-hydrogen) atoms. The summed E-state index contributed by atoms with van der Waals surface area (Å²) in [5.74, 6) is -1.34. The summed E-state index contributed by atoms with van der Waals surface area (Å²) in [6, 6.07) is 0. The minimum Gasteiger partial charge on any atom is -0.457 e. The molecule has 2 saturated heterocycles. The summed E-state index contributed by atoms with van der Waals surface area (Å²) < 4.78 is 40.1. The summed E-state index contributed by atoms with van der Waals surface area (Å²) in [6.07, 6.45) is -0.611. The molecule has 0 aromatic carbocycles. The van der Waals surface area contributed by atoms with Gasteiger partial charge in [-0.15, -0.1) is 0 Å². The zero-order chi connectivity index (χ0) is 16.5. The Hall–Kier alpha value is -1.29. The topological polar surface area (TPSA) is 108 Å². The van der Waals surface area contributed by atoms with E-state index in [1.807, 2.05) is 0 Å². The van der Waals surface area contributed by atoms with Crippen LogP contribution < -0.4 is 0 Å². The van der Waals surface area contributed by atoms with Gasteiger partial charge in [-0.1, -0.05) is 6.58 Å². The fraction of sp³-hybridized carbons (Fsp3) is 0.692. The average Bonchev–Trinajstić information content (AvgIpc) is 2.91. The molecule has 2 aliphatic heterocycles. The van der Waals surface area contributed by atoms with Crippen LogP contribution in [-0.2, 0) is 39.3 Å². The molecule has 0 radical (unpaired) electrons. The molecular formula is C13H18O8S. The third kappa shape index (κ3) is 3.72. The predicted molar refractivity (Wildman–Crippen MR) is 73.8 cm³/mol. The summed E-state index contributed by atoms with van der Waals surface area (Å²) in [7, 11) is 0. The standard InChI is InChI=1S/C13H18O8S/c1-7(2)12(15)18-6-11(14)20-8-4-10-13(3,21-22(16)17)5-9(8)19-10/h8-10H,1,4-6H2,2-3H3,(H,16,17). The molecule has 2 bridgehead atoms. The van der Waals surface area contributed by atoms with Crippen LogP contribution in [0.3, 0.4) is 0 Å². The highest BCUT2D eigenvalue weighted by atomic mass is 32.2. The summed E-state index contributed by atoms with van der Waals surface area (Å²) in [4.78, 5) is 22.8. The van der Waals surface area contributed by atoms with Crippen LogP contribution in [0.4, 0.5) is 0 Å². The molecule has 2 heterocycles. The van der Waals surface area contributed by atoms with Gasteiger partial charge in [0.05, 0.1) is 12.2 Å². The number of rotatable bonds is 6. The van der Waals surface area contributed by atoms with Crippen LogP contribution in [-0.4, -0.2) is 51.2 Å². The van der Waals surface area contributed by atoms with Crippen molar-refractivity contribution in [1.29, 1.82) is 0 Å². The van der Waals surface area contributed by atoms with E-state index in [-0.39, 0.29) is 5.57 Å². The molecule has 124 valence electrons. The SMILES string of the molecule is C=C(C)C(=O)OCC(=O)OC1CC2OC1CC2(C)OS(=O)O. The predicted octanol–water partition coefficient (Wildman–Crippen LogP) is 0.491. The fourth-order valence-corrected chi connectivity index (χ4v) is 3.15. The lowest BCUT2D eigenvalue weighted by atomic mass is 9.85. The summed E-state index contributed by atoms with van der Waals surface area (Å²) in [5, 5.41) is 0. The number of carbonyl (C=O) groups is 2. The van der Waals surface area contributed by atoms with Crippen molar-refractivity contribution >= 4 is 23.3 Å². The summed E-state index contributed by atoms with van der Waals surface area (Å²) in [6.45, 7) is 6.06. The Morgan fingerprint density at radius 2 is 2.18 bits per heavy atom. The largest absolute Gasteiger partial charge is 0.457 e. The van der Waals surface area contributed by atoms with Gasteiger partial charge in [-0.3, -0.25) is 8.74 Å². The third-order valence-electron chi connectivity index (χ3n) is 3.70. The Morgan fingerprint density at radius 1 is 1.50 bits per heavy atom. The van der Waals surface area contributed by atoms with Crippen LogP contribution >= 0.6 is 0 Å². The van der Waals surface area contributed by atoms with Crippen LogP contribution in [0.1, 0.15) is 26.7 Å². The molecule has 0 amide bonds. The molecule has 5 unspecified atom stereocenters. The van der Waals surface area contributed by atoms with Crippen molar-refractivity contribution in [1.82, 2.24) is 0 Å². The van der Waals surface area contributed by atoms with E-state index in [4.69, 9.17) is 22.9 Å². The quantitative estimate of drug-likeness (QED) is 0.425. The molecule has 1 N–H and O–H groups in total. The average molecular weight is 334 g/mol. The van der Waals surface area contributed by atoms with Crippen LogP contribution in [0.5, 0.6) is 0 Å². The van der Waals surface area contributed by atoms with Crippen molar-refractivity contribution in [3.63, 3.8) is 0 Å². The maximum absolute atomic E-state index is 11.6. The van der Waals surface area contributed by atoms with Crippen molar-refractivity contribution in [2.75, 3.05) is 6.61 Å². The van der Waals surface area contributed by atoms with Gasteiger partial charge in [0.25, 0.3) is 0 Å². The highest BCUT2D eigenvalue weighted by Gasteiger charge is 2.57. The van der Waals surface area contributed by atoms with E-state index in [9.17, 15) is 13.8 Å². The van der Waals surface area contributed by atoms with Crippen molar-refractivity contribution < 1.29 is 36.7 Å². The summed E-state index contributed by atoms with van der Waals surface area (Å²) >= 11 is -2.38. The first-order chi connectivity index (χ1) is 10.2. The van der Waals surface area contributed by atoms with Gasteiger partial charge < -0.3 is 14.2 Å². The van der Waals surface area contributed by atoms with Gasteiger partial charge in [0.2, 0.25) is 0 Å².